The molecule has 1 aliphatic carbocycles. The Bertz CT molecular complexity index is 293. The molecular formula is C8H11ClN2OS. The van der Waals surface area contributed by atoms with Crippen molar-refractivity contribution in [2.75, 3.05) is 7.11 Å². The Labute approximate surface area is 86.3 Å². The quantitative estimate of drug-likeness (QED) is 0.781. The van der Waals surface area contributed by atoms with Gasteiger partial charge >= 0.3 is 0 Å². The van der Waals surface area contributed by atoms with Gasteiger partial charge in [-0.15, -0.1) is 0 Å². The number of rotatable bonds is 3. The summed E-state index contributed by atoms with van der Waals surface area (Å²) >= 11 is 7.01. The lowest BCUT2D eigenvalue weighted by atomic mass is 9.78. The van der Waals surface area contributed by atoms with Crippen LogP contribution < -0.4 is 0 Å². The van der Waals surface area contributed by atoms with Crippen LogP contribution in [0.4, 0.5) is 0 Å². The van der Waals surface area contributed by atoms with Crippen LogP contribution in [0.3, 0.4) is 0 Å². The fourth-order valence-corrected chi connectivity index (χ4v) is 2.54. The summed E-state index contributed by atoms with van der Waals surface area (Å²) in [5.74, 6) is 0. The monoisotopic (exact) mass is 218 g/mol. The first-order valence-corrected chi connectivity index (χ1v) is 5.42. The van der Waals surface area contributed by atoms with E-state index in [2.05, 4.69) is 9.36 Å². The largest absolute Gasteiger partial charge is 0.378 e. The molecule has 1 fully saturated rings. The Kier molecular flexibility index (Phi) is 2.53. The van der Waals surface area contributed by atoms with Crippen molar-refractivity contribution in [2.24, 2.45) is 0 Å². The molecule has 0 radical (unpaired) electrons. The van der Waals surface area contributed by atoms with E-state index in [1.54, 1.807) is 7.11 Å². The number of halogens is 1. The van der Waals surface area contributed by atoms with Gasteiger partial charge in [0, 0.05) is 13.5 Å². The first-order chi connectivity index (χ1) is 6.24. The van der Waals surface area contributed by atoms with Crippen LogP contribution in [0.25, 0.3) is 0 Å². The van der Waals surface area contributed by atoms with Crippen LogP contribution in [0.2, 0.25) is 5.28 Å². The van der Waals surface area contributed by atoms with Crippen LogP contribution in [-0.2, 0) is 11.2 Å². The Morgan fingerprint density at radius 3 is 2.77 bits per heavy atom. The van der Waals surface area contributed by atoms with Gasteiger partial charge in [-0.05, 0) is 42.4 Å². The third-order valence-electron chi connectivity index (χ3n) is 2.61. The first-order valence-electron chi connectivity index (χ1n) is 4.27. The Morgan fingerprint density at radius 2 is 2.38 bits per heavy atom. The van der Waals surface area contributed by atoms with Gasteiger partial charge < -0.3 is 4.74 Å². The van der Waals surface area contributed by atoms with Crippen molar-refractivity contribution in [3.8, 4) is 0 Å². The third-order valence-corrected chi connectivity index (χ3v) is 3.59. The lowest BCUT2D eigenvalue weighted by Gasteiger charge is -2.39. The van der Waals surface area contributed by atoms with E-state index in [0.717, 1.165) is 24.3 Å². The zero-order valence-electron chi connectivity index (χ0n) is 7.42. The number of methoxy groups -OCH3 is 1. The third kappa shape index (κ3) is 1.85. The van der Waals surface area contributed by atoms with Gasteiger partial charge in [0.1, 0.15) is 5.01 Å². The molecule has 5 heteroatoms. The highest BCUT2D eigenvalue weighted by Gasteiger charge is 2.38. The van der Waals surface area contributed by atoms with Crippen LogP contribution in [0.15, 0.2) is 0 Å². The molecule has 1 heterocycles. The minimum absolute atomic E-state index is 0.0306. The molecule has 0 aliphatic heterocycles. The maximum Gasteiger partial charge on any atom is 0.234 e. The zero-order valence-corrected chi connectivity index (χ0v) is 8.99. The Balaban J connectivity index is 2.04. The van der Waals surface area contributed by atoms with Crippen molar-refractivity contribution < 1.29 is 4.74 Å². The zero-order chi connectivity index (χ0) is 9.31. The summed E-state index contributed by atoms with van der Waals surface area (Å²) in [5.41, 5.74) is 0.0306. The summed E-state index contributed by atoms with van der Waals surface area (Å²) < 4.78 is 9.42. The van der Waals surface area contributed by atoms with Gasteiger partial charge in [0.15, 0.2) is 0 Å². The normalized spacial score (nSPS) is 19.8. The van der Waals surface area contributed by atoms with Crippen molar-refractivity contribution in [2.45, 2.75) is 31.3 Å². The van der Waals surface area contributed by atoms with Crippen LogP contribution in [0, 0.1) is 0 Å². The van der Waals surface area contributed by atoms with E-state index < -0.39 is 0 Å². The predicted molar refractivity (Wildman–Crippen MR) is 52.2 cm³/mol. The summed E-state index contributed by atoms with van der Waals surface area (Å²) in [7, 11) is 1.77. The molecule has 13 heavy (non-hydrogen) atoms. The molecule has 0 atom stereocenters. The van der Waals surface area contributed by atoms with E-state index in [4.69, 9.17) is 16.3 Å². The lowest BCUT2D eigenvalue weighted by molar-refractivity contribution is -0.0708. The second-order valence-electron chi connectivity index (χ2n) is 3.37. The lowest BCUT2D eigenvalue weighted by Crippen LogP contribution is -2.41. The number of hydrogen-bond acceptors (Lipinski definition) is 4. The summed E-state index contributed by atoms with van der Waals surface area (Å²) in [5, 5.41) is 1.33. The van der Waals surface area contributed by atoms with Gasteiger partial charge in [0.2, 0.25) is 5.28 Å². The summed E-state index contributed by atoms with van der Waals surface area (Å²) in [6.45, 7) is 0. The second kappa shape index (κ2) is 3.52. The molecule has 0 N–H and O–H groups in total. The SMILES string of the molecule is COC1(Cc2nc(Cl)ns2)CCC1. The minimum atomic E-state index is 0.0306. The fraction of sp³-hybridized carbons (Fsp3) is 0.750. The molecule has 1 saturated carbocycles. The van der Waals surface area contributed by atoms with Gasteiger partial charge in [0.05, 0.1) is 5.60 Å². The Hall–Kier alpha value is -0.190. The Morgan fingerprint density at radius 1 is 1.62 bits per heavy atom. The van der Waals surface area contributed by atoms with Crippen molar-refractivity contribution in [1.29, 1.82) is 0 Å². The molecular weight excluding hydrogens is 208 g/mol. The molecule has 2 rings (SSSR count). The number of hydrogen-bond donors (Lipinski definition) is 0. The van der Waals surface area contributed by atoms with Crippen molar-refractivity contribution in [3.05, 3.63) is 10.3 Å². The highest BCUT2D eigenvalue weighted by atomic mass is 35.5. The van der Waals surface area contributed by atoms with E-state index in [-0.39, 0.29) is 5.60 Å². The standard InChI is InChI=1S/C8H11ClN2OS/c1-12-8(3-2-4-8)5-6-10-7(9)11-13-6/h2-5H2,1H3. The molecule has 0 bridgehead atoms. The molecule has 3 nitrogen and oxygen atoms in total. The van der Waals surface area contributed by atoms with E-state index >= 15 is 0 Å². The molecule has 1 aliphatic rings. The smallest absolute Gasteiger partial charge is 0.234 e. The average Bonchev–Trinajstić information content (AvgIpc) is 2.44. The van der Waals surface area contributed by atoms with Gasteiger partial charge in [-0.25, -0.2) is 4.98 Å². The van der Waals surface area contributed by atoms with Gasteiger partial charge in [-0.3, -0.25) is 0 Å². The first kappa shape index (κ1) is 9.37. The average molecular weight is 219 g/mol. The minimum Gasteiger partial charge on any atom is -0.378 e. The van der Waals surface area contributed by atoms with Gasteiger partial charge in [0.25, 0.3) is 0 Å². The van der Waals surface area contributed by atoms with Crippen LogP contribution in [-0.4, -0.2) is 22.1 Å². The molecule has 0 aromatic carbocycles. The molecule has 0 spiro atoms. The molecule has 72 valence electrons. The molecule has 1 aromatic rings. The summed E-state index contributed by atoms with van der Waals surface area (Å²) in [6.07, 6.45) is 4.36. The number of ether oxygens (including phenoxy) is 1. The predicted octanol–water partition coefficient (Wildman–Crippen LogP) is 2.30. The second-order valence-corrected chi connectivity index (χ2v) is 4.55. The van der Waals surface area contributed by atoms with E-state index in [0.29, 0.717) is 5.28 Å². The molecule has 0 amide bonds. The summed E-state index contributed by atoms with van der Waals surface area (Å²) in [6, 6.07) is 0. The van der Waals surface area contributed by atoms with Crippen molar-refractivity contribution in [3.63, 3.8) is 0 Å². The van der Waals surface area contributed by atoms with E-state index in [1.807, 2.05) is 0 Å². The molecule has 0 saturated heterocycles. The van der Waals surface area contributed by atoms with E-state index in [1.165, 1.54) is 18.0 Å². The topological polar surface area (TPSA) is 35.0 Å². The van der Waals surface area contributed by atoms with Crippen molar-refractivity contribution >= 4 is 23.1 Å². The van der Waals surface area contributed by atoms with Gasteiger partial charge in [-0.2, -0.15) is 4.37 Å². The molecule has 0 unspecified atom stereocenters. The fourth-order valence-electron chi connectivity index (χ4n) is 1.61. The summed E-state index contributed by atoms with van der Waals surface area (Å²) in [4.78, 5) is 4.12. The maximum atomic E-state index is 5.64. The highest BCUT2D eigenvalue weighted by Crippen LogP contribution is 2.38. The van der Waals surface area contributed by atoms with Crippen molar-refractivity contribution in [1.82, 2.24) is 9.36 Å². The van der Waals surface area contributed by atoms with Crippen LogP contribution in [0.1, 0.15) is 24.3 Å². The van der Waals surface area contributed by atoms with E-state index in [9.17, 15) is 0 Å². The van der Waals surface area contributed by atoms with Gasteiger partial charge in [-0.1, -0.05) is 0 Å². The maximum absolute atomic E-state index is 5.64. The highest BCUT2D eigenvalue weighted by molar-refractivity contribution is 7.05. The number of nitrogens with zero attached hydrogens (tertiary/aromatic N) is 2. The van der Waals surface area contributed by atoms with Crippen LogP contribution >= 0.6 is 23.1 Å². The van der Waals surface area contributed by atoms with Crippen LogP contribution in [0.5, 0.6) is 0 Å². The number of aromatic nitrogens is 2. The molecule has 1 aromatic heterocycles.